The highest BCUT2D eigenvalue weighted by molar-refractivity contribution is 7.23. The molecular weight excluding hydrogens is 623 g/mol. The molecule has 2 aliphatic rings. The summed E-state index contributed by atoms with van der Waals surface area (Å²) in [7, 11) is 3.57. The van der Waals surface area contributed by atoms with E-state index in [0.29, 0.717) is 29.8 Å². The third-order valence-electron chi connectivity index (χ3n) is 9.09. The topological polar surface area (TPSA) is 119 Å². The number of nitrogens with zero attached hydrogens (tertiary/aromatic N) is 6. The predicted molar refractivity (Wildman–Crippen MR) is 190 cm³/mol. The normalized spacial score (nSPS) is 15.8. The number of hydrogen-bond acceptors (Lipinski definition) is 10. The summed E-state index contributed by atoms with van der Waals surface area (Å²) in [5.41, 5.74) is 6.23. The first kappa shape index (κ1) is 33.7. The van der Waals surface area contributed by atoms with Gasteiger partial charge < -0.3 is 19.4 Å². The van der Waals surface area contributed by atoms with Crippen LogP contribution in [0.2, 0.25) is 0 Å². The summed E-state index contributed by atoms with van der Waals surface area (Å²) in [6, 6.07) is 8.47. The van der Waals surface area contributed by atoms with Gasteiger partial charge >= 0.3 is 0 Å². The Morgan fingerprint density at radius 3 is 2.67 bits per heavy atom. The number of pyridine rings is 3. The molecule has 1 amide bonds. The Bertz CT molecular complexity index is 1900. The van der Waals surface area contributed by atoms with E-state index in [2.05, 4.69) is 53.4 Å². The van der Waals surface area contributed by atoms with Crippen molar-refractivity contribution in [3.05, 3.63) is 70.8 Å². The van der Waals surface area contributed by atoms with Crippen molar-refractivity contribution in [3.8, 4) is 21.9 Å². The zero-order chi connectivity index (χ0) is 33.8. The second-order valence-electron chi connectivity index (χ2n) is 12.7. The number of amides is 1. The van der Waals surface area contributed by atoms with Crippen LogP contribution >= 0.6 is 11.3 Å². The van der Waals surface area contributed by atoms with Crippen LogP contribution in [0, 0.1) is 12.8 Å². The highest BCUT2D eigenvalue weighted by atomic mass is 32.1. The lowest BCUT2D eigenvalue weighted by Gasteiger charge is -2.17. The summed E-state index contributed by atoms with van der Waals surface area (Å²) in [5, 5.41) is 13.4. The molecule has 0 fully saturated rings. The standard InChI is InChI=1S/C34H37N7O3S.C3H8/c1-5-20(13-16-43-4)8-9-25-28(33-40-39-19(2)44-33)30(29-26(37-25)18-41(3)34(29)42)27-17-21-12-15-36-32(31(21)45-27)38-24-11-10-23-22(24)7-6-14-35-23;1-3-2/h6-7,12,14-15,17,20,24H,5,8-11,13,16,18H2,1-4H3,(H,36,38);3H2,1-2H3. The van der Waals surface area contributed by atoms with Gasteiger partial charge in [-0.05, 0) is 67.2 Å². The SMILES string of the molecule is CCC.CCC(CCOC)CCc1nc2c(c(-c3cc4ccnc(NC5CCc6ncccc65)c4s3)c1-c1nnc(C)o1)C(=O)N(C)C2. The highest BCUT2D eigenvalue weighted by Crippen LogP contribution is 2.46. The number of aromatic nitrogens is 5. The van der Waals surface area contributed by atoms with Gasteiger partial charge in [0.05, 0.1) is 39.8 Å². The van der Waals surface area contributed by atoms with Gasteiger partial charge in [-0.25, -0.2) is 4.98 Å². The third-order valence-corrected chi connectivity index (χ3v) is 10.3. The van der Waals surface area contributed by atoms with Gasteiger partial charge in [0, 0.05) is 56.2 Å². The molecule has 2 atom stereocenters. The molecule has 1 aliphatic heterocycles. The number of rotatable bonds is 11. The molecule has 5 aromatic rings. The number of thiophene rings is 1. The smallest absolute Gasteiger partial charge is 0.256 e. The number of ether oxygens (including phenoxy) is 1. The lowest BCUT2D eigenvalue weighted by atomic mass is 9.91. The molecule has 0 saturated carbocycles. The molecule has 11 heteroatoms. The van der Waals surface area contributed by atoms with Crippen LogP contribution in [0.25, 0.3) is 32.0 Å². The van der Waals surface area contributed by atoms with Crippen LogP contribution in [0.5, 0.6) is 0 Å². The van der Waals surface area contributed by atoms with Crippen molar-refractivity contribution in [1.29, 1.82) is 0 Å². The van der Waals surface area contributed by atoms with Crippen molar-refractivity contribution in [2.45, 2.75) is 85.2 Å². The average molecular weight is 668 g/mol. The zero-order valence-corrected chi connectivity index (χ0v) is 29.6. The predicted octanol–water partition coefficient (Wildman–Crippen LogP) is 8.21. The second-order valence-corrected chi connectivity index (χ2v) is 13.7. The van der Waals surface area contributed by atoms with Crippen LogP contribution in [-0.2, 0) is 24.1 Å². The summed E-state index contributed by atoms with van der Waals surface area (Å²) in [5.74, 6) is 2.13. The van der Waals surface area contributed by atoms with Gasteiger partial charge in [0.25, 0.3) is 5.91 Å². The third kappa shape index (κ3) is 6.71. The molecular formula is C37H45N7O3S. The van der Waals surface area contributed by atoms with E-state index in [-0.39, 0.29) is 11.9 Å². The molecule has 0 bridgehead atoms. The number of carbonyl (C=O) groups is 1. The lowest BCUT2D eigenvalue weighted by molar-refractivity contribution is 0.0817. The lowest BCUT2D eigenvalue weighted by Crippen LogP contribution is -2.18. The molecule has 0 radical (unpaired) electrons. The molecule has 48 heavy (non-hydrogen) atoms. The van der Waals surface area contributed by atoms with Gasteiger partial charge in [0.15, 0.2) is 0 Å². The number of nitrogens with one attached hydrogen (secondary N) is 1. The summed E-state index contributed by atoms with van der Waals surface area (Å²) >= 11 is 1.63. The molecule has 6 heterocycles. The van der Waals surface area contributed by atoms with Crippen molar-refractivity contribution in [3.63, 3.8) is 0 Å². The molecule has 2 unspecified atom stereocenters. The molecule has 10 nitrogen and oxygen atoms in total. The van der Waals surface area contributed by atoms with E-state index in [1.807, 2.05) is 31.6 Å². The first-order valence-electron chi connectivity index (χ1n) is 17.1. The fourth-order valence-corrected chi connectivity index (χ4v) is 7.84. The van der Waals surface area contributed by atoms with E-state index in [0.717, 1.165) is 94.1 Å². The first-order valence-corrected chi connectivity index (χ1v) is 17.9. The number of methoxy groups -OCH3 is 1. The molecule has 5 aromatic heterocycles. The van der Waals surface area contributed by atoms with Crippen LogP contribution in [0.4, 0.5) is 5.82 Å². The molecule has 0 aromatic carbocycles. The van der Waals surface area contributed by atoms with E-state index < -0.39 is 0 Å². The van der Waals surface area contributed by atoms with E-state index >= 15 is 0 Å². The molecule has 7 rings (SSSR count). The number of fused-ring (bicyclic) bond motifs is 3. The average Bonchev–Trinajstić information content (AvgIpc) is 3.87. The van der Waals surface area contributed by atoms with Crippen molar-refractivity contribution in [2.75, 3.05) is 26.1 Å². The second kappa shape index (κ2) is 14.9. The van der Waals surface area contributed by atoms with Crippen LogP contribution < -0.4 is 5.32 Å². The maximum Gasteiger partial charge on any atom is 0.256 e. The summed E-state index contributed by atoms with van der Waals surface area (Å²) < 4.78 is 12.5. The fraction of sp³-hybridized carbons (Fsp3) is 0.459. The maximum absolute atomic E-state index is 13.7. The minimum Gasteiger partial charge on any atom is -0.421 e. The van der Waals surface area contributed by atoms with Gasteiger partial charge in [-0.3, -0.25) is 14.8 Å². The Morgan fingerprint density at radius 1 is 1.08 bits per heavy atom. The Kier molecular flexibility index (Phi) is 10.5. The number of aryl methyl sites for hydroxylation is 3. The van der Waals surface area contributed by atoms with Crippen molar-refractivity contribution in [2.24, 2.45) is 5.92 Å². The zero-order valence-electron chi connectivity index (χ0n) is 28.8. The first-order chi connectivity index (χ1) is 23.4. The summed E-state index contributed by atoms with van der Waals surface area (Å²) in [6.07, 6.45) is 10.6. The van der Waals surface area contributed by atoms with Gasteiger partial charge in [-0.15, -0.1) is 21.5 Å². The van der Waals surface area contributed by atoms with Gasteiger partial charge in [-0.2, -0.15) is 0 Å². The van der Waals surface area contributed by atoms with Crippen molar-refractivity contribution >= 4 is 33.1 Å². The Hall–Kier alpha value is -4.22. The number of hydrogen-bond donors (Lipinski definition) is 1. The van der Waals surface area contributed by atoms with Gasteiger partial charge in [-0.1, -0.05) is 39.7 Å². The quantitative estimate of drug-likeness (QED) is 0.149. The number of carbonyl (C=O) groups excluding carboxylic acids is 1. The van der Waals surface area contributed by atoms with Crippen LogP contribution in [0.1, 0.15) is 97.8 Å². The van der Waals surface area contributed by atoms with Crippen LogP contribution in [0.3, 0.4) is 0 Å². The highest BCUT2D eigenvalue weighted by Gasteiger charge is 2.35. The van der Waals surface area contributed by atoms with E-state index in [1.54, 1.807) is 30.3 Å². The summed E-state index contributed by atoms with van der Waals surface area (Å²) in [4.78, 5) is 30.9. The Morgan fingerprint density at radius 2 is 1.92 bits per heavy atom. The van der Waals surface area contributed by atoms with Crippen molar-refractivity contribution in [1.82, 2.24) is 30.0 Å². The minimum absolute atomic E-state index is 0.0490. The monoisotopic (exact) mass is 667 g/mol. The maximum atomic E-state index is 13.7. The minimum atomic E-state index is -0.0490. The molecule has 252 valence electrons. The molecule has 0 saturated heterocycles. The largest absolute Gasteiger partial charge is 0.421 e. The molecule has 0 spiro atoms. The van der Waals surface area contributed by atoms with Crippen LogP contribution in [-0.4, -0.2) is 56.7 Å². The van der Waals surface area contributed by atoms with Crippen LogP contribution in [0.15, 0.2) is 41.1 Å². The van der Waals surface area contributed by atoms with E-state index in [9.17, 15) is 4.79 Å². The summed E-state index contributed by atoms with van der Waals surface area (Å²) in [6.45, 7) is 9.45. The van der Waals surface area contributed by atoms with E-state index in [4.69, 9.17) is 19.1 Å². The fourth-order valence-electron chi connectivity index (χ4n) is 6.67. The van der Waals surface area contributed by atoms with Gasteiger partial charge in [0.2, 0.25) is 11.8 Å². The molecule has 1 aliphatic carbocycles. The van der Waals surface area contributed by atoms with E-state index in [1.165, 1.54) is 12.0 Å². The Balaban J connectivity index is 0.00000129. The number of anilines is 1. The van der Waals surface area contributed by atoms with Crippen molar-refractivity contribution < 1.29 is 13.9 Å². The Labute approximate surface area is 286 Å². The van der Waals surface area contributed by atoms with Gasteiger partial charge in [0.1, 0.15) is 5.82 Å². The molecule has 1 N–H and O–H groups in total.